The van der Waals surface area contributed by atoms with Crippen LogP contribution in [0, 0.1) is 17.3 Å². The molecular formula is C16H21I3. The summed E-state index contributed by atoms with van der Waals surface area (Å²) >= 11 is 7.76. The van der Waals surface area contributed by atoms with E-state index in [2.05, 4.69) is 100 Å². The van der Waals surface area contributed by atoms with E-state index < -0.39 is 0 Å². The second-order valence-electron chi connectivity index (χ2n) is 6.35. The number of allylic oxidation sites excluding steroid dienone is 5. The van der Waals surface area contributed by atoms with Crippen molar-refractivity contribution in [2.75, 3.05) is 0 Å². The van der Waals surface area contributed by atoms with Crippen molar-refractivity contribution in [3.05, 3.63) is 34.0 Å². The third-order valence-corrected chi connectivity index (χ3v) is 7.42. The molecule has 106 valence electrons. The van der Waals surface area contributed by atoms with E-state index in [1.165, 1.54) is 29.3 Å². The van der Waals surface area contributed by atoms with Gasteiger partial charge in [-0.3, -0.25) is 0 Å². The molecule has 0 aromatic carbocycles. The molecule has 2 unspecified atom stereocenters. The maximum absolute atomic E-state index is 3.79. The van der Waals surface area contributed by atoms with Crippen LogP contribution in [-0.2, 0) is 0 Å². The second kappa shape index (κ2) is 6.26. The zero-order valence-corrected chi connectivity index (χ0v) is 18.0. The molecule has 2 saturated carbocycles. The number of fused-ring (bicyclic) bond motifs is 1. The van der Waals surface area contributed by atoms with Gasteiger partial charge >= 0.3 is 0 Å². The van der Waals surface area contributed by atoms with E-state index in [4.69, 9.17) is 0 Å². The molecule has 2 aliphatic carbocycles. The lowest BCUT2D eigenvalue weighted by molar-refractivity contribution is 0.182. The molecule has 2 rings (SSSR count). The Hall–Kier alpha value is 1.41. The standard InChI is InChI=1S/C16H21I3/c1-4-5-13(17)9-12-8-11-6-7-16(18,19)10-14(11)15(12,2)3/h4-5,9,11,14H,1,6-8,10H2,2-3H3/b12-9+,13-5+. The molecule has 3 heteroatoms. The minimum Gasteiger partial charge on any atom is -0.0990 e. The van der Waals surface area contributed by atoms with Gasteiger partial charge in [0.25, 0.3) is 0 Å². The third kappa shape index (κ3) is 3.79. The van der Waals surface area contributed by atoms with Gasteiger partial charge in [-0.15, -0.1) is 0 Å². The van der Waals surface area contributed by atoms with Gasteiger partial charge in [0.1, 0.15) is 0 Å². The Kier molecular flexibility index (Phi) is 5.53. The molecule has 2 atom stereocenters. The predicted molar refractivity (Wildman–Crippen MR) is 110 cm³/mol. The van der Waals surface area contributed by atoms with Gasteiger partial charge in [-0.2, -0.15) is 0 Å². The Morgan fingerprint density at radius 1 is 1.37 bits per heavy atom. The molecule has 0 aromatic heterocycles. The van der Waals surface area contributed by atoms with Gasteiger partial charge in [0.15, 0.2) is 0 Å². The van der Waals surface area contributed by atoms with E-state index in [0.29, 0.717) is 6.84 Å². The highest BCUT2D eigenvalue weighted by molar-refractivity contribution is 14.2. The number of alkyl halides is 2. The average Bonchev–Trinajstić information content (AvgIpc) is 2.51. The Morgan fingerprint density at radius 2 is 2.05 bits per heavy atom. The lowest BCUT2D eigenvalue weighted by Gasteiger charge is -2.40. The lowest BCUT2D eigenvalue weighted by Crippen LogP contribution is -2.33. The van der Waals surface area contributed by atoms with E-state index in [-0.39, 0.29) is 0 Å². The van der Waals surface area contributed by atoms with Crippen LogP contribution in [0.3, 0.4) is 0 Å². The van der Waals surface area contributed by atoms with Crippen LogP contribution in [-0.4, -0.2) is 1.43 Å². The summed E-state index contributed by atoms with van der Waals surface area (Å²) in [5.74, 6) is 1.76. The molecule has 0 aromatic rings. The van der Waals surface area contributed by atoms with Crippen LogP contribution in [0.1, 0.15) is 39.5 Å². The molecule has 0 heterocycles. The fourth-order valence-corrected chi connectivity index (χ4v) is 5.83. The summed E-state index contributed by atoms with van der Waals surface area (Å²) in [6.45, 7) is 8.70. The number of halogens is 3. The summed E-state index contributed by atoms with van der Waals surface area (Å²) in [6.07, 6.45) is 11.8. The van der Waals surface area contributed by atoms with Crippen molar-refractivity contribution in [3.8, 4) is 0 Å². The minimum absolute atomic E-state index is 0.359. The third-order valence-electron chi connectivity index (χ3n) is 4.79. The molecule has 2 aliphatic rings. The highest BCUT2D eigenvalue weighted by atomic mass is 127. The smallest absolute Gasteiger partial charge is 0.0738 e. The van der Waals surface area contributed by atoms with E-state index in [9.17, 15) is 0 Å². The highest BCUT2D eigenvalue weighted by Gasteiger charge is 2.50. The zero-order valence-electron chi connectivity index (χ0n) is 11.6. The van der Waals surface area contributed by atoms with Crippen molar-refractivity contribution in [2.24, 2.45) is 17.3 Å². The van der Waals surface area contributed by atoms with Gasteiger partial charge in [-0.05, 0) is 77.7 Å². The molecule has 0 spiro atoms. The van der Waals surface area contributed by atoms with Crippen molar-refractivity contribution in [1.29, 1.82) is 0 Å². The molecule has 0 nitrogen and oxygen atoms in total. The van der Waals surface area contributed by atoms with Crippen LogP contribution in [0.15, 0.2) is 34.0 Å². The van der Waals surface area contributed by atoms with Crippen LogP contribution in [0.2, 0.25) is 0 Å². The number of rotatable bonds is 2. The maximum atomic E-state index is 3.79. The van der Waals surface area contributed by atoms with E-state index in [1.54, 1.807) is 5.57 Å². The van der Waals surface area contributed by atoms with Crippen LogP contribution in [0.5, 0.6) is 0 Å². The molecular weight excluding hydrogens is 573 g/mol. The fourth-order valence-electron chi connectivity index (χ4n) is 3.63. The Morgan fingerprint density at radius 3 is 2.68 bits per heavy atom. The molecule has 19 heavy (non-hydrogen) atoms. The van der Waals surface area contributed by atoms with Crippen molar-refractivity contribution < 1.29 is 0 Å². The van der Waals surface area contributed by atoms with Gasteiger partial charge in [0.2, 0.25) is 0 Å². The number of hydrogen-bond acceptors (Lipinski definition) is 0. The molecule has 0 radical (unpaired) electrons. The topological polar surface area (TPSA) is 0 Å². The van der Waals surface area contributed by atoms with Crippen LogP contribution in [0.25, 0.3) is 0 Å². The first-order chi connectivity index (χ1) is 8.76. The summed E-state index contributed by atoms with van der Waals surface area (Å²) in [5, 5.41) is 0. The van der Waals surface area contributed by atoms with Crippen molar-refractivity contribution >= 4 is 67.8 Å². The fraction of sp³-hybridized carbons (Fsp3) is 0.625. The normalized spacial score (nSPS) is 35.2. The maximum Gasteiger partial charge on any atom is 0.0738 e. The lowest BCUT2D eigenvalue weighted by atomic mass is 9.70. The van der Waals surface area contributed by atoms with Crippen molar-refractivity contribution in [2.45, 2.75) is 41.0 Å². The predicted octanol–water partition coefficient (Wildman–Crippen LogP) is 6.83. The SMILES string of the molecule is C=C/C=C(I)\C=C1/CC2CCC(I)(I)CC2C1(C)C. The Labute approximate surface area is 158 Å². The van der Waals surface area contributed by atoms with Crippen LogP contribution in [0.4, 0.5) is 0 Å². The van der Waals surface area contributed by atoms with Gasteiger partial charge < -0.3 is 0 Å². The minimum atomic E-state index is 0.359. The molecule has 0 aliphatic heterocycles. The molecule has 2 fully saturated rings. The monoisotopic (exact) mass is 594 g/mol. The Balaban J connectivity index is 2.27. The van der Waals surface area contributed by atoms with Crippen molar-refractivity contribution in [1.82, 2.24) is 0 Å². The van der Waals surface area contributed by atoms with Crippen molar-refractivity contribution in [3.63, 3.8) is 0 Å². The van der Waals surface area contributed by atoms with Crippen LogP contribution >= 0.6 is 67.8 Å². The molecule has 0 amide bonds. The molecule has 0 N–H and O–H groups in total. The molecule has 0 bridgehead atoms. The quantitative estimate of drug-likeness (QED) is 0.187. The first kappa shape index (κ1) is 16.8. The van der Waals surface area contributed by atoms with Crippen LogP contribution < -0.4 is 0 Å². The van der Waals surface area contributed by atoms with E-state index in [0.717, 1.165) is 11.8 Å². The first-order valence-corrected chi connectivity index (χ1v) is 10.1. The van der Waals surface area contributed by atoms with E-state index >= 15 is 0 Å². The number of hydrogen-bond donors (Lipinski definition) is 0. The zero-order chi connectivity index (χ0) is 14.3. The summed E-state index contributed by atoms with van der Waals surface area (Å²) < 4.78 is 1.79. The summed E-state index contributed by atoms with van der Waals surface area (Å²) in [7, 11) is 0. The summed E-state index contributed by atoms with van der Waals surface area (Å²) in [4.78, 5) is 0. The average molecular weight is 594 g/mol. The highest BCUT2D eigenvalue weighted by Crippen LogP contribution is 2.60. The second-order valence-corrected chi connectivity index (χ2v) is 13.8. The Bertz CT molecular complexity index is 429. The van der Waals surface area contributed by atoms with Gasteiger partial charge in [-0.25, -0.2) is 0 Å². The summed E-state index contributed by atoms with van der Waals surface area (Å²) in [6, 6.07) is 0. The first-order valence-electron chi connectivity index (χ1n) is 6.83. The van der Waals surface area contributed by atoms with Gasteiger partial charge in [0.05, 0.1) is 1.43 Å². The summed E-state index contributed by atoms with van der Waals surface area (Å²) in [5.41, 5.74) is 2.01. The van der Waals surface area contributed by atoms with E-state index in [1.807, 2.05) is 6.08 Å². The largest absolute Gasteiger partial charge is 0.0990 e. The van der Waals surface area contributed by atoms with Gasteiger partial charge in [-0.1, -0.05) is 77.3 Å². The van der Waals surface area contributed by atoms with Gasteiger partial charge in [0, 0.05) is 3.58 Å². The molecule has 0 saturated heterocycles.